The van der Waals surface area contributed by atoms with Gasteiger partial charge in [-0.3, -0.25) is 4.79 Å². The summed E-state index contributed by atoms with van der Waals surface area (Å²) in [6.07, 6.45) is 6.16. The zero-order valence-electron chi connectivity index (χ0n) is 19.2. The van der Waals surface area contributed by atoms with Crippen molar-refractivity contribution in [2.45, 2.75) is 19.4 Å². The Morgan fingerprint density at radius 3 is 2.74 bits per heavy atom. The average molecular weight is 469 g/mol. The number of benzene rings is 2. The second-order valence-electron chi connectivity index (χ2n) is 7.89. The Morgan fingerprint density at radius 2 is 1.91 bits per heavy atom. The SMILES string of the molecule is COc1ccc(NC(=O)CCc2ncc(-c3ccccc3)o2)cc1OCc1cn2ccccc2n1. The molecule has 0 saturated heterocycles. The Hall–Kier alpha value is -4.59. The Bertz CT molecular complexity index is 1410. The molecule has 2 aromatic carbocycles. The maximum absolute atomic E-state index is 12.5. The highest BCUT2D eigenvalue weighted by molar-refractivity contribution is 5.91. The van der Waals surface area contributed by atoms with Gasteiger partial charge in [0.15, 0.2) is 23.1 Å². The molecule has 0 unspecified atom stereocenters. The van der Waals surface area contributed by atoms with Crippen LogP contribution in [0.4, 0.5) is 5.69 Å². The number of pyridine rings is 1. The number of oxazole rings is 1. The van der Waals surface area contributed by atoms with E-state index in [9.17, 15) is 4.79 Å². The van der Waals surface area contributed by atoms with E-state index in [1.54, 1.807) is 31.5 Å². The molecule has 0 aliphatic heterocycles. The number of methoxy groups -OCH3 is 1. The first-order chi connectivity index (χ1) is 17.2. The van der Waals surface area contributed by atoms with Crippen LogP contribution in [0.2, 0.25) is 0 Å². The quantitative estimate of drug-likeness (QED) is 0.322. The van der Waals surface area contributed by atoms with Gasteiger partial charge in [0.1, 0.15) is 12.3 Å². The van der Waals surface area contributed by atoms with E-state index in [4.69, 9.17) is 13.9 Å². The van der Waals surface area contributed by atoms with Crippen LogP contribution in [0.25, 0.3) is 17.0 Å². The number of carbonyl (C=O) groups excluding carboxylic acids is 1. The van der Waals surface area contributed by atoms with Crippen LogP contribution in [-0.4, -0.2) is 27.4 Å². The Kier molecular flexibility index (Phi) is 6.43. The fourth-order valence-corrected chi connectivity index (χ4v) is 3.68. The van der Waals surface area contributed by atoms with Gasteiger partial charge in [-0.05, 0) is 24.3 Å². The first-order valence-corrected chi connectivity index (χ1v) is 11.2. The number of nitrogens with one attached hydrogen (secondary N) is 1. The van der Waals surface area contributed by atoms with Crippen molar-refractivity contribution in [3.63, 3.8) is 0 Å². The standard InChI is InChI=1S/C27H24N4O4/c1-33-22-11-10-20(15-23(22)34-18-21-17-31-14-6-5-9-25(31)29-21)30-26(32)12-13-27-28-16-24(35-27)19-7-3-2-4-8-19/h2-11,14-17H,12-13,18H2,1H3,(H,30,32). The summed E-state index contributed by atoms with van der Waals surface area (Å²) in [4.78, 5) is 21.4. The van der Waals surface area contributed by atoms with E-state index >= 15 is 0 Å². The largest absolute Gasteiger partial charge is 0.493 e. The van der Waals surface area contributed by atoms with Crippen molar-refractivity contribution >= 4 is 17.2 Å². The van der Waals surface area contributed by atoms with Crippen LogP contribution in [0.1, 0.15) is 18.0 Å². The zero-order valence-corrected chi connectivity index (χ0v) is 19.2. The highest BCUT2D eigenvalue weighted by Gasteiger charge is 2.12. The van der Waals surface area contributed by atoms with Crippen LogP contribution < -0.4 is 14.8 Å². The lowest BCUT2D eigenvalue weighted by atomic mass is 10.2. The minimum atomic E-state index is -0.152. The summed E-state index contributed by atoms with van der Waals surface area (Å²) in [5.41, 5.74) is 3.19. The summed E-state index contributed by atoms with van der Waals surface area (Å²) < 4.78 is 19.1. The van der Waals surface area contributed by atoms with Gasteiger partial charge in [-0.2, -0.15) is 0 Å². The fourth-order valence-electron chi connectivity index (χ4n) is 3.68. The molecule has 1 amide bonds. The second kappa shape index (κ2) is 10.1. The van der Waals surface area contributed by atoms with Crippen LogP contribution in [0.5, 0.6) is 11.5 Å². The highest BCUT2D eigenvalue weighted by atomic mass is 16.5. The lowest BCUT2D eigenvalue weighted by Crippen LogP contribution is -2.12. The van der Waals surface area contributed by atoms with Gasteiger partial charge in [0.25, 0.3) is 0 Å². The molecule has 3 heterocycles. The van der Waals surface area contributed by atoms with Crippen LogP contribution in [0.3, 0.4) is 0 Å². The number of aryl methyl sites for hydroxylation is 1. The van der Waals surface area contributed by atoms with Gasteiger partial charge in [0, 0.05) is 42.6 Å². The van der Waals surface area contributed by atoms with Gasteiger partial charge < -0.3 is 23.6 Å². The normalized spacial score (nSPS) is 10.9. The Balaban J connectivity index is 1.19. The van der Waals surface area contributed by atoms with Crippen LogP contribution in [0.15, 0.2) is 89.7 Å². The van der Waals surface area contributed by atoms with Crippen molar-refractivity contribution in [3.8, 4) is 22.8 Å². The van der Waals surface area contributed by atoms with Crippen molar-refractivity contribution in [1.82, 2.24) is 14.4 Å². The van der Waals surface area contributed by atoms with Crippen molar-refractivity contribution in [1.29, 1.82) is 0 Å². The van der Waals surface area contributed by atoms with Crippen LogP contribution in [0, 0.1) is 0 Å². The summed E-state index contributed by atoms with van der Waals surface area (Å²) in [7, 11) is 1.57. The van der Waals surface area contributed by atoms with Gasteiger partial charge in [0.2, 0.25) is 5.91 Å². The predicted molar refractivity (Wildman–Crippen MR) is 131 cm³/mol. The fraction of sp³-hybridized carbons (Fsp3) is 0.148. The molecule has 5 rings (SSSR count). The number of hydrogen-bond acceptors (Lipinski definition) is 6. The Labute approximate surface area is 202 Å². The van der Waals surface area contributed by atoms with Crippen LogP contribution in [-0.2, 0) is 17.8 Å². The third kappa shape index (κ3) is 5.33. The summed E-state index contributed by atoms with van der Waals surface area (Å²) >= 11 is 0. The first-order valence-electron chi connectivity index (χ1n) is 11.2. The van der Waals surface area contributed by atoms with E-state index in [0.717, 1.165) is 16.9 Å². The molecule has 0 aliphatic rings. The molecule has 1 N–H and O–H groups in total. The third-order valence-electron chi connectivity index (χ3n) is 5.41. The topological polar surface area (TPSA) is 90.9 Å². The molecule has 0 radical (unpaired) electrons. The summed E-state index contributed by atoms with van der Waals surface area (Å²) in [6.45, 7) is 0.267. The number of amides is 1. The molecule has 0 fully saturated rings. The van der Waals surface area contributed by atoms with Gasteiger partial charge in [-0.25, -0.2) is 9.97 Å². The number of rotatable bonds is 9. The summed E-state index contributed by atoms with van der Waals surface area (Å²) in [6, 6.07) is 20.8. The molecule has 35 heavy (non-hydrogen) atoms. The molecule has 8 nitrogen and oxygen atoms in total. The van der Waals surface area contributed by atoms with E-state index in [1.165, 1.54) is 0 Å². The second-order valence-corrected chi connectivity index (χ2v) is 7.89. The monoisotopic (exact) mass is 468 g/mol. The number of imidazole rings is 1. The third-order valence-corrected chi connectivity index (χ3v) is 5.41. The molecule has 5 aromatic rings. The van der Waals surface area contributed by atoms with Crippen molar-refractivity contribution < 1.29 is 18.7 Å². The minimum absolute atomic E-state index is 0.152. The Morgan fingerprint density at radius 1 is 1.06 bits per heavy atom. The van der Waals surface area contributed by atoms with Gasteiger partial charge in [-0.1, -0.05) is 36.4 Å². The summed E-state index contributed by atoms with van der Waals surface area (Å²) in [5, 5.41) is 2.90. The smallest absolute Gasteiger partial charge is 0.224 e. The van der Waals surface area contributed by atoms with Gasteiger partial charge in [0.05, 0.1) is 19.0 Å². The van der Waals surface area contributed by atoms with Gasteiger partial charge >= 0.3 is 0 Å². The molecule has 0 saturated carbocycles. The maximum Gasteiger partial charge on any atom is 0.224 e. The van der Waals surface area contributed by atoms with Crippen molar-refractivity contribution in [3.05, 3.63) is 96.9 Å². The lowest BCUT2D eigenvalue weighted by Gasteiger charge is -2.12. The molecule has 0 atom stereocenters. The molecule has 176 valence electrons. The molecule has 8 heteroatoms. The van der Waals surface area contributed by atoms with E-state index in [-0.39, 0.29) is 18.9 Å². The number of carbonyl (C=O) groups is 1. The van der Waals surface area contributed by atoms with E-state index in [2.05, 4.69) is 15.3 Å². The number of hydrogen-bond donors (Lipinski definition) is 1. The number of fused-ring (bicyclic) bond motifs is 1. The predicted octanol–water partition coefficient (Wildman–Crippen LogP) is 5.15. The number of aromatic nitrogens is 3. The lowest BCUT2D eigenvalue weighted by molar-refractivity contribution is -0.116. The number of anilines is 1. The van der Waals surface area contributed by atoms with E-state index < -0.39 is 0 Å². The first kappa shape index (κ1) is 22.2. The van der Waals surface area contributed by atoms with E-state index in [0.29, 0.717) is 35.3 Å². The highest BCUT2D eigenvalue weighted by Crippen LogP contribution is 2.31. The maximum atomic E-state index is 12.5. The molecule has 0 spiro atoms. The number of ether oxygens (including phenoxy) is 2. The summed E-state index contributed by atoms with van der Waals surface area (Å²) in [5.74, 6) is 2.14. The average Bonchev–Trinajstić information content (AvgIpc) is 3.54. The van der Waals surface area contributed by atoms with Crippen molar-refractivity contribution in [2.75, 3.05) is 12.4 Å². The number of nitrogens with zero attached hydrogens (tertiary/aromatic N) is 3. The zero-order chi connectivity index (χ0) is 24.0. The molecular weight excluding hydrogens is 444 g/mol. The van der Waals surface area contributed by atoms with E-state index in [1.807, 2.05) is 65.3 Å². The molecule has 0 bridgehead atoms. The molecule has 3 aromatic heterocycles. The minimum Gasteiger partial charge on any atom is -0.493 e. The van der Waals surface area contributed by atoms with Crippen LogP contribution >= 0.6 is 0 Å². The molecular formula is C27H24N4O4. The molecule has 0 aliphatic carbocycles. The van der Waals surface area contributed by atoms with Gasteiger partial charge in [-0.15, -0.1) is 0 Å². The van der Waals surface area contributed by atoms with Crippen molar-refractivity contribution in [2.24, 2.45) is 0 Å².